The van der Waals surface area contributed by atoms with Crippen LogP contribution in [0.15, 0.2) is 109 Å². The molecule has 2 aromatic heterocycles. The Balaban J connectivity index is 1.53. The van der Waals surface area contributed by atoms with E-state index in [2.05, 4.69) is 20.9 Å². The summed E-state index contributed by atoms with van der Waals surface area (Å²) in [5, 5.41) is 1.98. The van der Waals surface area contributed by atoms with Crippen LogP contribution in [0.2, 0.25) is 0 Å². The van der Waals surface area contributed by atoms with Crippen LogP contribution in [0.4, 0.5) is 0 Å². The summed E-state index contributed by atoms with van der Waals surface area (Å²) >= 11 is 4.72. The molecule has 6 nitrogen and oxygen atoms in total. The third-order valence-corrected chi connectivity index (χ3v) is 8.18. The Hall–Kier alpha value is -4.01. The van der Waals surface area contributed by atoms with Crippen molar-refractivity contribution >= 4 is 50.1 Å². The highest BCUT2D eigenvalue weighted by molar-refractivity contribution is 9.10. The number of fused-ring (bicyclic) bond motifs is 2. The lowest BCUT2D eigenvalue weighted by Crippen LogP contribution is -2.40. The number of aromatic nitrogens is 1. The van der Waals surface area contributed by atoms with Crippen LogP contribution in [-0.4, -0.2) is 17.1 Å². The summed E-state index contributed by atoms with van der Waals surface area (Å²) in [6, 6.07) is 24.7. The van der Waals surface area contributed by atoms with Gasteiger partial charge in [-0.25, -0.2) is 9.79 Å². The predicted molar refractivity (Wildman–Crippen MR) is 156 cm³/mol. The normalized spacial score (nSPS) is 15.4. The van der Waals surface area contributed by atoms with Gasteiger partial charge in [0.05, 0.1) is 28.5 Å². The van der Waals surface area contributed by atoms with Crippen LogP contribution in [-0.2, 0) is 9.53 Å². The van der Waals surface area contributed by atoms with Crippen molar-refractivity contribution in [3.05, 3.63) is 126 Å². The van der Waals surface area contributed by atoms with Crippen molar-refractivity contribution < 1.29 is 13.9 Å². The van der Waals surface area contributed by atoms with Crippen molar-refractivity contribution in [2.75, 3.05) is 6.61 Å². The average Bonchev–Trinajstić information content (AvgIpc) is 3.52. The van der Waals surface area contributed by atoms with Crippen molar-refractivity contribution in [2.45, 2.75) is 19.9 Å². The first kappa shape index (κ1) is 25.3. The molecule has 6 rings (SSSR count). The van der Waals surface area contributed by atoms with Gasteiger partial charge >= 0.3 is 5.97 Å². The number of furan rings is 1. The number of carbonyl (C=O) groups excluding carboxylic acids is 1. The molecule has 3 heterocycles. The molecule has 0 saturated heterocycles. The molecule has 1 aliphatic heterocycles. The van der Waals surface area contributed by atoms with Crippen LogP contribution in [0.3, 0.4) is 0 Å². The number of allylic oxidation sites excluding steroid dienone is 1. The molecule has 0 aliphatic carbocycles. The van der Waals surface area contributed by atoms with Gasteiger partial charge in [-0.3, -0.25) is 9.36 Å². The van der Waals surface area contributed by atoms with E-state index in [0.717, 1.165) is 26.4 Å². The van der Waals surface area contributed by atoms with Crippen LogP contribution in [0, 0.1) is 0 Å². The number of carbonyl (C=O) groups is 1. The summed E-state index contributed by atoms with van der Waals surface area (Å²) in [5.41, 5.74) is 2.43. The summed E-state index contributed by atoms with van der Waals surface area (Å²) < 4.78 is 14.5. The molecule has 39 heavy (non-hydrogen) atoms. The molecule has 0 N–H and O–H groups in total. The van der Waals surface area contributed by atoms with Gasteiger partial charge in [-0.15, -0.1) is 0 Å². The Bertz CT molecular complexity index is 1940. The molecule has 0 spiro atoms. The third-order valence-electron chi connectivity index (χ3n) is 6.66. The van der Waals surface area contributed by atoms with E-state index in [1.54, 1.807) is 24.5 Å². The highest BCUT2D eigenvalue weighted by Crippen LogP contribution is 2.35. The van der Waals surface area contributed by atoms with E-state index in [9.17, 15) is 9.59 Å². The Morgan fingerprint density at radius 2 is 1.85 bits per heavy atom. The van der Waals surface area contributed by atoms with Gasteiger partial charge in [0.2, 0.25) is 0 Å². The second kappa shape index (κ2) is 10.3. The maximum absolute atomic E-state index is 13.9. The number of esters is 1. The summed E-state index contributed by atoms with van der Waals surface area (Å²) in [7, 11) is 0. The van der Waals surface area contributed by atoms with Crippen LogP contribution in [0.5, 0.6) is 0 Å². The molecule has 194 valence electrons. The largest absolute Gasteiger partial charge is 0.463 e. The van der Waals surface area contributed by atoms with Gasteiger partial charge in [-0.1, -0.05) is 81.9 Å². The minimum Gasteiger partial charge on any atom is -0.463 e. The van der Waals surface area contributed by atoms with E-state index < -0.39 is 12.0 Å². The number of nitrogens with zero attached hydrogens (tertiary/aromatic N) is 2. The van der Waals surface area contributed by atoms with Crippen LogP contribution < -0.4 is 14.9 Å². The van der Waals surface area contributed by atoms with Gasteiger partial charge in [0.25, 0.3) is 5.56 Å². The summed E-state index contributed by atoms with van der Waals surface area (Å²) in [6.07, 6.45) is 1.73. The smallest absolute Gasteiger partial charge is 0.338 e. The number of benzene rings is 3. The van der Waals surface area contributed by atoms with Crippen molar-refractivity contribution in [3.8, 4) is 11.3 Å². The zero-order valence-corrected chi connectivity index (χ0v) is 23.6. The van der Waals surface area contributed by atoms with Crippen molar-refractivity contribution in [1.29, 1.82) is 0 Å². The molecular weight excluding hydrogens is 576 g/mol. The zero-order chi connectivity index (χ0) is 27.1. The molecule has 5 aromatic rings. The fourth-order valence-electron chi connectivity index (χ4n) is 4.90. The second-order valence-electron chi connectivity index (χ2n) is 9.08. The van der Waals surface area contributed by atoms with Gasteiger partial charge in [0, 0.05) is 16.1 Å². The first-order valence-corrected chi connectivity index (χ1v) is 14.1. The van der Waals surface area contributed by atoms with Crippen molar-refractivity contribution in [3.63, 3.8) is 0 Å². The third kappa shape index (κ3) is 4.60. The number of hydrogen-bond donors (Lipinski definition) is 0. The molecular formula is C31H23BrN2O4S. The quantitative estimate of drug-likeness (QED) is 0.233. The Kier molecular flexibility index (Phi) is 6.66. The van der Waals surface area contributed by atoms with E-state index >= 15 is 0 Å². The van der Waals surface area contributed by atoms with Crippen LogP contribution in [0.25, 0.3) is 28.2 Å². The SMILES string of the molecule is CCOC(=O)C1=C(C)N=c2s/c(=C\c3ccc(-c4ccc(Br)cc4)o3)c(=O)n2[C@@H]1c1cccc2ccccc12. The van der Waals surface area contributed by atoms with E-state index in [1.165, 1.54) is 11.3 Å². The second-order valence-corrected chi connectivity index (χ2v) is 11.0. The molecule has 0 unspecified atom stereocenters. The fourth-order valence-corrected chi connectivity index (χ4v) is 6.19. The first-order valence-electron chi connectivity index (χ1n) is 12.5. The topological polar surface area (TPSA) is 73.8 Å². The van der Waals surface area contributed by atoms with Gasteiger partial charge in [0.15, 0.2) is 4.80 Å². The Morgan fingerprint density at radius 1 is 1.08 bits per heavy atom. The lowest BCUT2D eigenvalue weighted by Gasteiger charge is -2.25. The molecule has 0 fully saturated rings. The predicted octanol–water partition coefficient (Wildman–Crippen LogP) is 5.97. The Morgan fingerprint density at radius 3 is 2.64 bits per heavy atom. The van der Waals surface area contributed by atoms with Gasteiger partial charge in [-0.05, 0) is 54.4 Å². The number of halogens is 1. The molecule has 0 bridgehead atoms. The van der Waals surface area contributed by atoms with E-state index in [1.807, 2.05) is 78.9 Å². The molecule has 0 amide bonds. The highest BCUT2D eigenvalue weighted by atomic mass is 79.9. The maximum Gasteiger partial charge on any atom is 0.338 e. The standard InChI is InChI=1S/C31H23BrN2O4S/c1-3-37-30(36)27-18(2)33-31-34(28(27)24-10-6-8-19-7-4-5-9-23(19)24)29(35)26(39-31)17-22-15-16-25(38-22)20-11-13-21(32)14-12-20/h4-17,28H,3H2,1-2H3/b26-17-/t28-/m1/s1. The highest BCUT2D eigenvalue weighted by Gasteiger charge is 2.34. The number of hydrogen-bond acceptors (Lipinski definition) is 6. The van der Waals surface area contributed by atoms with Gasteiger partial charge in [0.1, 0.15) is 11.5 Å². The average molecular weight is 600 g/mol. The maximum atomic E-state index is 13.9. The number of ether oxygens (including phenoxy) is 1. The monoisotopic (exact) mass is 598 g/mol. The fraction of sp³-hybridized carbons (Fsp3) is 0.129. The molecule has 0 radical (unpaired) electrons. The summed E-state index contributed by atoms with van der Waals surface area (Å²) in [4.78, 5) is 32.4. The minimum atomic E-state index is -0.677. The summed E-state index contributed by atoms with van der Waals surface area (Å²) in [5.74, 6) is 0.785. The number of thiazole rings is 1. The van der Waals surface area contributed by atoms with E-state index in [0.29, 0.717) is 32.1 Å². The summed E-state index contributed by atoms with van der Waals surface area (Å²) in [6.45, 7) is 3.78. The lowest BCUT2D eigenvalue weighted by molar-refractivity contribution is -0.139. The van der Waals surface area contributed by atoms with Gasteiger partial charge in [-0.2, -0.15) is 0 Å². The van der Waals surface area contributed by atoms with Crippen LogP contribution in [0.1, 0.15) is 31.2 Å². The molecule has 1 atom stereocenters. The first-order chi connectivity index (χ1) is 18.9. The van der Waals surface area contributed by atoms with Crippen molar-refractivity contribution in [1.82, 2.24) is 4.57 Å². The van der Waals surface area contributed by atoms with E-state index in [-0.39, 0.29) is 12.2 Å². The minimum absolute atomic E-state index is 0.224. The molecule has 3 aromatic carbocycles. The molecule has 1 aliphatic rings. The van der Waals surface area contributed by atoms with Crippen LogP contribution >= 0.6 is 27.3 Å². The lowest BCUT2D eigenvalue weighted by atomic mass is 9.91. The number of rotatable bonds is 5. The Labute approximate surface area is 236 Å². The van der Waals surface area contributed by atoms with E-state index in [4.69, 9.17) is 9.15 Å². The molecule has 8 heteroatoms. The zero-order valence-electron chi connectivity index (χ0n) is 21.2. The molecule has 0 saturated carbocycles. The van der Waals surface area contributed by atoms with Gasteiger partial charge < -0.3 is 9.15 Å². The van der Waals surface area contributed by atoms with Crippen molar-refractivity contribution in [2.24, 2.45) is 4.99 Å².